The van der Waals surface area contributed by atoms with E-state index in [9.17, 15) is 26.7 Å². The zero-order valence-corrected chi connectivity index (χ0v) is 12.4. The lowest BCUT2D eigenvalue weighted by Gasteiger charge is -2.14. The molecule has 0 saturated heterocycles. The fourth-order valence-corrected chi connectivity index (χ4v) is 3.02. The summed E-state index contributed by atoms with van der Waals surface area (Å²) in [6.45, 7) is -0.540. The maximum atomic E-state index is 12.6. The quantitative estimate of drug-likeness (QED) is 0.820. The highest BCUT2D eigenvalue weighted by Gasteiger charge is 2.32. The minimum atomic E-state index is -4.69. The molecule has 0 radical (unpaired) electrons. The summed E-state index contributed by atoms with van der Waals surface area (Å²) in [6, 6.07) is 1.97. The van der Waals surface area contributed by atoms with Gasteiger partial charge in [-0.05, 0) is 18.2 Å². The number of ether oxygens (including phenoxy) is 1. The Balaban J connectivity index is 3.02. The Kier molecular flexibility index (Phi) is 6.00. The van der Waals surface area contributed by atoms with E-state index in [4.69, 9.17) is 11.6 Å². The Labute approximate surface area is 124 Å². The Hall–Kier alpha value is -0.870. The lowest BCUT2D eigenvalue weighted by Crippen LogP contribution is -2.34. The van der Waals surface area contributed by atoms with Gasteiger partial charge in [-0.2, -0.15) is 13.2 Å². The topological polar surface area (TPSA) is 75.6 Å². The first-order chi connectivity index (χ1) is 9.58. The summed E-state index contributed by atoms with van der Waals surface area (Å²) in [7, 11) is -2.98. The monoisotopic (exact) mass is 347 g/mol. The number of hydrogen-bond acceptors (Lipinski definition) is 4. The predicted molar refractivity (Wildman–Crippen MR) is 69.5 cm³/mol. The van der Waals surface area contributed by atoms with Crippen molar-refractivity contribution in [2.75, 3.05) is 20.3 Å². The summed E-state index contributed by atoms with van der Waals surface area (Å²) in [5.41, 5.74) is -1.13. The van der Waals surface area contributed by atoms with Gasteiger partial charge in [0.2, 0.25) is 10.0 Å². The number of alkyl halides is 3. The van der Waals surface area contributed by atoms with Crippen molar-refractivity contribution in [1.29, 1.82) is 0 Å². The Morgan fingerprint density at radius 3 is 2.57 bits per heavy atom. The fourth-order valence-electron chi connectivity index (χ4n) is 1.42. The molecule has 1 aromatic rings. The van der Waals surface area contributed by atoms with E-state index in [0.29, 0.717) is 12.1 Å². The molecule has 2 N–H and O–H groups in total. The molecular formula is C11H13ClF3NO4S. The van der Waals surface area contributed by atoms with Gasteiger partial charge >= 0.3 is 6.18 Å². The molecule has 1 rings (SSSR count). The van der Waals surface area contributed by atoms with Crippen LogP contribution in [0.1, 0.15) is 5.56 Å². The highest BCUT2D eigenvalue weighted by Crippen LogP contribution is 2.33. The molecule has 0 aliphatic heterocycles. The zero-order valence-electron chi connectivity index (χ0n) is 10.8. The molecule has 0 aromatic heterocycles. The van der Waals surface area contributed by atoms with Crippen molar-refractivity contribution in [3.63, 3.8) is 0 Å². The molecule has 120 valence electrons. The summed E-state index contributed by atoms with van der Waals surface area (Å²) in [5, 5.41) is 9.00. The van der Waals surface area contributed by atoms with E-state index in [0.717, 1.165) is 6.07 Å². The van der Waals surface area contributed by atoms with Crippen LogP contribution in [0.4, 0.5) is 13.2 Å². The number of benzene rings is 1. The molecule has 1 aromatic carbocycles. The lowest BCUT2D eigenvalue weighted by atomic mass is 10.2. The highest BCUT2D eigenvalue weighted by molar-refractivity contribution is 7.89. The van der Waals surface area contributed by atoms with Gasteiger partial charge < -0.3 is 9.84 Å². The van der Waals surface area contributed by atoms with Gasteiger partial charge in [-0.1, -0.05) is 11.6 Å². The molecule has 0 amide bonds. The molecule has 1 atom stereocenters. The number of hydrogen-bond donors (Lipinski definition) is 2. The van der Waals surface area contributed by atoms with Crippen LogP contribution in [-0.2, 0) is 20.9 Å². The number of rotatable bonds is 6. The predicted octanol–water partition coefficient (Wildman–Crippen LogP) is 1.64. The number of aliphatic hydroxyl groups excluding tert-OH is 1. The second-order valence-electron chi connectivity index (χ2n) is 4.10. The van der Waals surface area contributed by atoms with Crippen LogP contribution in [0, 0.1) is 0 Å². The van der Waals surface area contributed by atoms with Gasteiger partial charge in [-0.3, -0.25) is 0 Å². The third-order valence-corrected chi connectivity index (χ3v) is 4.32. The minimum absolute atomic E-state index is 0.126. The van der Waals surface area contributed by atoms with Crippen molar-refractivity contribution < 1.29 is 31.4 Å². The van der Waals surface area contributed by atoms with Gasteiger partial charge in [0, 0.05) is 13.7 Å². The van der Waals surface area contributed by atoms with Crippen LogP contribution >= 0.6 is 11.6 Å². The van der Waals surface area contributed by atoms with Crippen molar-refractivity contribution in [2.24, 2.45) is 0 Å². The van der Waals surface area contributed by atoms with E-state index in [2.05, 4.69) is 4.74 Å². The maximum Gasteiger partial charge on any atom is 0.416 e. The van der Waals surface area contributed by atoms with Gasteiger partial charge in [0.25, 0.3) is 0 Å². The molecule has 0 aliphatic carbocycles. The third-order valence-electron chi connectivity index (χ3n) is 2.42. The molecule has 10 heteroatoms. The summed E-state index contributed by atoms with van der Waals surface area (Å²) in [6.07, 6.45) is -5.82. The molecule has 21 heavy (non-hydrogen) atoms. The smallest absolute Gasteiger partial charge is 0.389 e. The van der Waals surface area contributed by atoms with Crippen molar-refractivity contribution in [3.8, 4) is 0 Å². The Bertz CT molecular complexity index is 592. The fraction of sp³-hybridized carbons (Fsp3) is 0.455. The lowest BCUT2D eigenvalue weighted by molar-refractivity contribution is -0.137. The Morgan fingerprint density at radius 1 is 1.43 bits per heavy atom. The van der Waals surface area contributed by atoms with Crippen LogP contribution in [0.5, 0.6) is 0 Å². The summed E-state index contributed by atoms with van der Waals surface area (Å²) in [5.74, 6) is 0. The standard InChI is InChI=1S/C11H13ClF3NO4S/c1-20-6-8(17)5-16-21(18,19)10-4-7(11(13,14)15)2-3-9(10)12/h2-4,8,16-17H,5-6H2,1H3. The van der Waals surface area contributed by atoms with Crippen LogP contribution < -0.4 is 4.72 Å². The highest BCUT2D eigenvalue weighted by atomic mass is 35.5. The molecule has 0 heterocycles. The first-order valence-corrected chi connectivity index (χ1v) is 7.47. The van der Waals surface area contributed by atoms with E-state index in [-0.39, 0.29) is 11.6 Å². The Morgan fingerprint density at radius 2 is 2.05 bits per heavy atom. The minimum Gasteiger partial charge on any atom is -0.389 e. The van der Waals surface area contributed by atoms with Crippen molar-refractivity contribution >= 4 is 21.6 Å². The van der Waals surface area contributed by atoms with Crippen LogP contribution in [0.2, 0.25) is 5.02 Å². The molecule has 0 spiro atoms. The SMILES string of the molecule is COCC(O)CNS(=O)(=O)c1cc(C(F)(F)F)ccc1Cl. The molecular weight excluding hydrogens is 335 g/mol. The summed E-state index contributed by atoms with van der Waals surface area (Å²) < 4.78 is 68.2. The first kappa shape index (κ1) is 18.2. The van der Waals surface area contributed by atoms with Crippen LogP contribution in [0.3, 0.4) is 0 Å². The second kappa shape index (κ2) is 6.93. The van der Waals surface area contributed by atoms with Crippen LogP contribution in [0.15, 0.2) is 23.1 Å². The number of methoxy groups -OCH3 is 1. The summed E-state index contributed by atoms with van der Waals surface area (Å²) >= 11 is 5.63. The molecule has 0 fully saturated rings. The molecule has 0 bridgehead atoms. The molecule has 1 unspecified atom stereocenters. The number of nitrogens with one attached hydrogen (secondary N) is 1. The van der Waals surface area contributed by atoms with Gasteiger partial charge in [0.1, 0.15) is 4.90 Å². The first-order valence-electron chi connectivity index (χ1n) is 5.61. The van der Waals surface area contributed by atoms with E-state index >= 15 is 0 Å². The molecule has 0 aliphatic rings. The van der Waals surface area contributed by atoms with Crippen molar-refractivity contribution in [1.82, 2.24) is 4.72 Å². The molecule has 0 saturated carbocycles. The average Bonchev–Trinajstić information content (AvgIpc) is 2.36. The number of sulfonamides is 1. The summed E-state index contributed by atoms with van der Waals surface area (Å²) in [4.78, 5) is -0.705. The van der Waals surface area contributed by atoms with Gasteiger partial charge in [-0.15, -0.1) is 0 Å². The van der Waals surface area contributed by atoms with Gasteiger partial charge in [0.15, 0.2) is 0 Å². The van der Waals surface area contributed by atoms with E-state index in [1.165, 1.54) is 7.11 Å². The van der Waals surface area contributed by atoms with Crippen LogP contribution in [-0.4, -0.2) is 39.9 Å². The van der Waals surface area contributed by atoms with Gasteiger partial charge in [-0.25, -0.2) is 13.1 Å². The van der Waals surface area contributed by atoms with Crippen LogP contribution in [0.25, 0.3) is 0 Å². The molecule has 5 nitrogen and oxygen atoms in total. The normalized spacial score (nSPS) is 14.2. The maximum absolute atomic E-state index is 12.6. The van der Waals surface area contributed by atoms with Crippen molar-refractivity contribution in [2.45, 2.75) is 17.2 Å². The zero-order chi connectivity index (χ0) is 16.3. The van der Waals surface area contributed by atoms with Crippen molar-refractivity contribution in [3.05, 3.63) is 28.8 Å². The van der Waals surface area contributed by atoms with E-state index in [1.807, 2.05) is 4.72 Å². The second-order valence-corrected chi connectivity index (χ2v) is 6.25. The average molecular weight is 348 g/mol. The van der Waals surface area contributed by atoms with E-state index < -0.39 is 39.3 Å². The van der Waals surface area contributed by atoms with Gasteiger partial charge in [0.05, 0.1) is 23.3 Å². The largest absolute Gasteiger partial charge is 0.416 e. The third kappa shape index (κ3) is 5.11. The number of aliphatic hydroxyl groups is 1. The van der Waals surface area contributed by atoms with E-state index in [1.54, 1.807) is 0 Å². The number of halogens is 4.